The molecule has 2 rings (SSSR count). The highest BCUT2D eigenvalue weighted by atomic mass is 19.4. The van der Waals surface area contributed by atoms with Crippen LogP contribution in [0, 0.1) is 0 Å². The second-order valence-electron chi connectivity index (χ2n) is 4.24. The maximum atomic E-state index is 12.4. The molecular weight excluding hydrogens is 200 g/mol. The summed E-state index contributed by atoms with van der Waals surface area (Å²) in [5.41, 5.74) is 1.40. The summed E-state index contributed by atoms with van der Waals surface area (Å²) in [7, 11) is 0. The van der Waals surface area contributed by atoms with Crippen LogP contribution >= 0.6 is 0 Å². The Labute approximate surface area is 87.6 Å². The van der Waals surface area contributed by atoms with Crippen molar-refractivity contribution < 1.29 is 12.9 Å². The van der Waals surface area contributed by atoms with Crippen LogP contribution in [0.4, 0.5) is 12.9 Å². The lowest BCUT2D eigenvalue weighted by Crippen LogP contribution is -2.22. The molecular formula is C11H13BF3-. The highest BCUT2D eigenvalue weighted by Crippen LogP contribution is 2.38. The molecule has 82 valence electrons. The molecule has 4 heteroatoms. The van der Waals surface area contributed by atoms with Crippen LogP contribution in [0.1, 0.15) is 36.3 Å². The minimum atomic E-state index is -4.71. The van der Waals surface area contributed by atoms with E-state index in [2.05, 4.69) is 0 Å². The minimum absolute atomic E-state index is 0.374. The van der Waals surface area contributed by atoms with Gasteiger partial charge in [-0.25, -0.2) is 0 Å². The summed E-state index contributed by atoms with van der Waals surface area (Å²) in [6.07, 6.45) is 2.51. The number of benzene rings is 1. The molecule has 1 fully saturated rings. The molecule has 0 radical (unpaired) electrons. The summed E-state index contributed by atoms with van der Waals surface area (Å²) < 4.78 is 37.1. The molecule has 0 aromatic heterocycles. The van der Waals surface area contributed by atoms with Crippen molar-refractivity contribution in [3.63, 3.8) is 0 Å². The first-order chi connectivity index (χ1) is 7.06. The predicted octanol–water partition coefficient (Wildman–Crippen LogP) is 3.88. The van der Waals surface area contributed by atoms with Gasteiger partial charge in [0.2, 0.25) is 0 Å². The highest BCUT2D eigenvalue weighted by Gasteiger charge is 2.27. The standard InChI is InChI=1S/C11H13BF3/c13-12(14,15)8-10-4-1-2-7-11(10)9-5-3-6-9/h1-2,4,7,9H,3,5-6,8H2/q-1. The molecule has 1 aliphatic carbocycles. The van der Waals surface area contributed by atoms with Crippen molar-refractivity contribution in [2.24, 2.45) is 0 Å². The van der Waals surface area contributed by atoms with Crippen molar-refractivity contribution >= 4 is 6.98 Å². The van der Waals surface area contributed by atoms with Crippen molar-refractivity contribution in [3.8, 4) is 0 Å². The topological polar surface area (TPSA) is 0 Å². The first-order valence-electron chi connectivity index (χ1n) is 5.35. The van der Waals surface area contributed by atoms with Gasteiger partial charge >= 0.3 is 6.98 Å². The average molecular weight is 213 g/mol. The molecule has 15 heavy (non-hydrogen) atoms. The van der Waals surface area contributed by atoms with E-state index in [1.165, 1.54) is 0 Å². The summed E-state index contributed by atoms with van der Waals surface area (Å²) in [6.45, 7) is -4.71. The molecule has 1 aromatic rings. The van der Waals surface area contributed by atoms with E-state index < -0.39 is 13.3 Å². The van der Waals surface area contributed by atoms with Crippen LogP contribution in [0.3, 0.4) is 0 Å². The van der Waals surface area contributed by atoms with Crippen LogP contribution in [0.5, 0.6) is 0 Å². The largest absolute Gasteiger partial charge is 0.482 e. The van der Waals surface area contributed by atoms with Gasteiger partial charge in [-0.15, -0.1) is 0 Å². The summed E-state index contributed by atoms with van der Waals surface area (Å²) in [4.78, 5) is 0. The summed E-state index contributed by atoms with van der Waals surface area (Å²) in [5.74, 6) is 0.374. The molecule has 0 amide bonds. The number of halogens is 3. The van der Waals surface area contributed by atoms with Gasteiger partial charge < -0.3 is 12.9 Å². The van der Waals surface area contributed by atoms with Crippen LogP contribution in [0.2, 0.25) is 0 Å². The zero-order chi connectivity index (χ0) is 10.9. The Bertz CT molecular complexity index is 342. The Morgan fingerprint density at radius 3 is 2.33 bits per heavy atom. The zero-order valence-electron chi connectivity index (χ0n) is 8.43. The molecule has 0 heterocycles. The van der Waals surface area contributed by atoms with Crippen LogP contribution in [0.15, 0.2) is 24.3 Å². The molecule has 0 nitrogen and oxygen atoms in total. The van der Waals surface area contributed by atoms with Gasteiger partial charge in [0, 0.05) is 0 Å². The smallest absolute Gasteiger partial charge is 0.449 e. The van der Waals surface area contributed by atoms with Gasteiger partial charge in [0.05, 0.1) is 0 Å². The fourth-order valence-corrected chi connectivity index (χ4v) is 2.09. The maximum absolute atomic E-state index is 12.4. The van der Waals surface area contributed by atoms with Crippen LogP contribution in [-0.4, -0.2) is 6.98 Å². The van der Waals surface area contributed by atoms with E-state index in [9.17, 15) is 12.9 Å². The van der Waals surface area contributed by atoms with Crippen LogP contribution in [0.25, 0.3) is 0 Å². The van der Waals surface area contributed by atoms with Crippen molar-refractivity contribution in [2.45, 2.75) is 31.5 Å². The monoisotopic (exact) mass is 213 g/mol. The summed E-state index contributed by atoms with van der Waals surface area (Å²) in [5, 5.41) is 0. The fourth-order valence-electron chi connectivity index (χ4n) is 2.09. The van der Waals surface area contributed by atoms with E-state index in [4.69, 9.17) is 0 Å². The van der Waals surface area contributed by atoms with E-state index in [0.717, 1.165) is 24.8 Å². The van der Waals surface area contributed by atoms with Crippen LogP contribution < -0.4 is 0 Å². The van der Waals surface area contributed by atoms with Crippen molar-refractivity contribution in [3.05, 3.63) is 35.4 Å². The lowest BCUT2D eigenvalue weighted by atomic mass is 9.73. The molecule has 0 aliphatic heterocycles. The number of rotatable bonds is 3. The van der Waals surface area contributed by atoms with Gasteiger partial charge in [0.1, 0.15) is 0 Å². The molecule has 0 bridgehead atoms. The second kappa shape index (κ2) is 3.91. The molecule has 0 N–H and O–H groups in total. The van der Waals surface area contributed by atoms with Gasteiger partial charge in [-0.1, -0.05) is 42.6 Å². The molecule has 1 saturated carbocycles. The van der Waals surface area contributed by atoms with Gasteiger partial charge in [-0.2, -0.15) is 0 Å². The van der Waals surface area contributed by atoms with Crippen molar-refractivity contribution in [1.82, 2.24) is 0 Å². The van der Waals surface area contributed by atoms with Crippen molar-refractivity contribution in [1.29, 1.82) is 0 Å². The fraction of sp³-hybridized carbons (Fsp3) is 0.455. The number of hydrogen-bond donors (Lipinski definition) is 0. The van der Waals surface area contributed by atoms with Gasteiger partial charge in [-0.3, -0.25) is 0 Å². The third-order valence-corrected chi connectivity index (χ3v) is 3.05. The first-order valence-corrected chi connectivity index (χ1v) is 5.35. The quantitative estimate of drug-likeness (QED) is 0.668. The Hall–Kier alpha value is -0.925. The van der Waals surface area contributed by atoms with E-state index in [1.807, 2.05) is 12.1 Å². The van der Waals surface area contributed by atoms with Crippen LogP contribution in [-0.2, 0) is 6.32 Å². The minimum Gasteiger partial charge on any atom is -0.449 e. The molecule has 1 aliphatic rings. The molecule has 0 atom stereocenters. The predicted molar refractivity (Wildman–Crippen MR) is 55.8 cm³/mol. The van der Waals surface area contributed by atoms with Gasteiger partial charge in [-0.05, 0) is 24.3 Å². The van der Waals surface area contributed by atoms with E-state index in [-0.39, 0.29) is 0 Å². The van der Waals surface area contributed by atoms with Gasteiger partial charge in [0.25, 0.3) is 0 Å². The van der Waals surface area contributed by atoms with Crippen molar-refractivity contribution in [2.75, 3.05) is 0 Å². The lowest BCUT2D eigenvalue weighted by Gasteiger charge is -2.29. The molecule has 0 unspecified atom stereocenters. The number of hydrogen-bond acceptors (Lipinski definition) is 0. The summed E-state index contributed by atoms with van der Waals surface area (Å²) in [6, 6.07) is 6.99. The zero-order valence-corrected chi connectivity index (χ0v) is 8.43. The summed E-state index contributed by atoms with van der Waals surface area (Å²) >= 11 is 0. The highest BCUT2D eigenvalue weighted by molar-refractivity contribution is 6.57. The third kappa shape index (κ3) is 2.55. The Balaban J connectivity index is 2.21. The SMILES string of the molecule is F[B-](F)(F)Cc1ccccc1C1CCC1. The van der Waals surface area contributed by atoms with E-state index >= 15 is 0 Å². The molecule has 0 spiro atoms. The Kier molecular flexibility index (Phi) is 2.76. The average Bonchev–Trinajstić information content (AvgIpc) is 2.02. The van der Waals surface area contributed by atoms with E-state index in [0.29, 0.717) is 11.5 Å². The Morgan fingerprint density at radius 2 is 1.80 bits per heavy atom. The first kappa shape index (κ1) is 10.6. The molecule has 1 aromatic carbocycles. The lowest BCUT2D eigenvalue weighted by molar-refractivity contribution is 0.415. The Morgan fingerprint density at radius 1 is 1.13 bits per heavy atom. The maximum Gasteiger partial charge on any atom is 0.482 e. The normalized spacial score (nSPS) is 17.5. The third-order valence-electron chi connectivity index (χ3n) is 3.05. The van der Waals surface area contributed by atoms with Gasteiger partial charge in [0.15, 0.2) is 0 Å². The molecule has 0 saturated heterocycles. The second-order valence-corrected chi connectivity index (χ2v) is 4.24. The van der Waals surface area contributed by atoms with E-state index in [1.54, 1.807) is 12.1 Å².